The van der Waals surface area contributed by atoms with E-state index in [1.54, 1.807) is 0 Å². The van der Waals surface area contributed by atoms with Crippen molar-refractivity contribution in [3.63, 3.8) is 0 Å². The van der Waals surface area contributed by atoms with Gasteiger partial charge in [0.05, 0.1) is 7.11 Å². The first-order valence-corrected chi connectivity index (χ1v) is 8.38. The molecule has 1 aromatic rings. The van der Waals surface area contributed by atoms with Crippen LogP contribution < -0.4 is 4.74 Å². The number of rotatable bonds is 3. The summed E-state index contributed by atoms with van der Waals surface area (Å²) in [5, 5.41) is 0. The average molecular weight is 306 g/mol. The van der Waals surface area contributed by atoms with Gasteiger partial charge in [0.1, 0.15) is 0 Å². The van der Waals surface area contributed by atoms with Crippen molar-refractivity contribution in [2.45, 2.75) is 44.9 Å². The van der Waals surface area contributed by atoms with Crippen molar-refractivity contribution >= 4 is 6.08 Å². The third kappa shape index (κ3) is 3.34. The van der Waals surface area contributed by atoms with Crippen LogP contribution in [0.2, 0.25) is 0 Å². The first-order valence-electron chi connectivity index (χ1n) is 8.38. The molecule has 0 bridgehead atoms. The van der Waals surface area contributed by atoms with Crippen LogP contribution in [0.25, 0.3) is 6.08 Å². The van der Waals surface area contributed by atoms with Crippen LogP contribution in [0.3, 0.4) is 0 Å². The van der Waals surface area contributed by atoms with Crippen molar-refractivity contribution in [1.82, 2.24) is 0 Å². The molecule has 0 aliphatic heterocycles. The van der Waals surface area contributed by atoms with Crippen LogP contribution in [0.1, 0.15) is 50.5 Å². The van der Waals surface area contributed by atoms with E-state index < -0.39 is 11.6 Å². The van der Waals surface area contributed by atoms with Crippen LogP contribution >= 0.6 is 0 Å². The van der Waals surface area contributed by atoms with Crippen LogP contribution in [0, 0.1) is 29.4 Å². The molecule has 0 saturated heterocycles. The topological polar surface area (TPSA) is 9.23 Å². The molecule has 3 rings (SSSR count). The Morgan fingerprint density at radius 2 is 1.68 bits per heavy atom. The molecule has 3 atom stereocenters. The van der Waals surface area contributed by atoms with E-state index >= 15 is 0 Å². The van der Waals surface area contributed by atoms with E-state index in [2.05, 4.69) is 6.08 Å². The first-order chi connectivity index (χ1) is 10.7. The van der Waals surface area contributed by atoms with Crippen LogP contribution in [0.5, 0.6) is 5.75 Å². The SMILES string of the molecule is COc1c(F)cc(/C=C/C2CCC3CCCCC3C2)cc1F. The molecule has 0 amide bonds. The molecule has 0 aromatic heterocycles. The highest BCUT2D eigenvalue weighted by Crippen LogP contribution is 2.43. The third-order valence-corrected chi connectivity index (χ3v) is 5.37. The first kappa shape index (κ1) is 15.5. The van der Waals surface area contributed by atoms with Gasteiger partial charge in [-0.2, -0.15) is 0 Å². The fraction of sp³-hybridized carbons (Fsp3) is 0.579. The Morgan fingerprint density at radius 3 is 2.36 bits per heavy atom. The number of methoxy groups -OCH3 is 1. The van der Waals surface area contributed by atoms with E-state index in [4.69, 9.17) is 4.74 Å². The van der Waals surface area contributed by atoms with E-state index in [9.17, 15) is 8.78 Å². The second kappa shape index (κ2) is 6.80. The lowest BCUT2D eigenvalue weighted by Gasteiger charge is -2.38. The number of halogens is 2. The van der Waals surface area contributed by atoms with E-state index in [1.165, 1.54) is 64.2 Å². The predicted octanol–water partition coefficient (Wildman–Crippen LogP) is 5.59. The molecule has 2 fully saturated rings. The second-order valence-corrected chi connectivity index (χ2v) is 6.75. The summed E-state index contributed by atoms with van der Waals surface area (Å²) in [5.74, 6) is 0.750. The Morgan fingerprint density at radius 1 is 1.00 bits per heavy atom. The maximum absolute atomic E-state index is 13.7. The van der Waals surface area contributed by atoms with Crippen molar-refractivity contribution in [3.05, 3.63) is 35.4 Å². The minimum absolute atomic E-state index is 0.306. The highest BCUT2D eigenvalue weighted by atomic mass is 19.1. The largest absolute Gasteiger partial charge is 0.491 e. The zero-order valence-electron chi connectivity index (χ0n) is 13.2. The molecule has 120 valence electrons. The molecule has 2 aliphatic rings. The molecule has 3 unspecified atom stereocenters. The molecule has 2 aliphatic carbocycles. The summed E-state index contributed by atoms with van der Waals surface area (Å²) < 4.78 is 32.1. The molecule has 0 N–H and O–H groups in total. The van der Waals surface area contributed by atoms with Crippen LogP contribution in [0.15, 0.2) is 18.2 Å². The number of ether oxygens (including phenoxy) is 1. The third-order valence-electron chi connectivity index (χ3n) is 5.37. The molecular weight excluding hydrogens is 282 g/mol. The van der Waals surface area contributed by atoms with Gasteiger partial charge in [-0.05, 0) is 54.7 Å². The summed E-state index contributed by atoms with van der Waals surface area (Å²) in [5.41, 5.74) is 0.571. The molecule has 1 nitrogen and oxygen atoms in total. The number of allylic oxidation sites excluding steroid dienone is 1. The number of hydrogen-bond acceptors (Lipinski definition) is 1. The van der Waals surface area contributed by atoms with Gasteiger partial charge in [-0.25, -0.2) is 8.78 Å². The van der Waals surface area contributed by atoms with Crippen LogP contribution in [-0.2, 0) is 0 Å². The lowest BCUT2D eigenvalue weighted by molar-refractivity contribution is 0.147. The summed E-state index contributed by atoms with van der Waals surface area (Å²) in [6.07, 6.45) is 13.3. The molecule has 0 spiro atoms. The maximum Gasteiger partial charge on any atom is 0.190 e. The quantitative estimate of drug-likeness (QED) is 0.707. The molecular formula is C19H24F2O. The Balaban J connectivity index is 1.67. The average Bonchev–Trinajstić information content (AvgIpc) is 2.52. The fourth-order valence-corrected chi connectivity index (χ4v) is 4.20. The smallest absolute Gasteiger partial charge is 0.190 e. The Labute approximate surface area is 131 Å². The van der Waals surface area contributed by atoms with Gasteiger partial charge in [-0.3, -0.25) is 0 Å². The Kier molecular flexibility index (Phi) is 4.80. The van der Waals surface area contributed by atoms with E-state index in [0.717, 1.165) is 11.8 Å². The van der Waals surface area contributed by atoms with Crippen molar-refractivity contribution < 1.29 is 13.5 Å². The molecule has 1 aromatic carbocycles. The van der Waals surface area contributed by atoms with Gasteiger partial charge in [0.15, 0.2) is 17.4 Å². The monoisotopic (exact) mass is 306 g/mol. The van der Waals surface area contributed by atoms with Gasteiger partial charge in [0.25, 0.3) is 0 Å². The molecule has 3 heteroatoms. The lowest BCUT2D eigenvalue weighted by Crippen LogP contribution is -2.26. The Hall–Kier alpha value is -1.38. The zero-order chi connectivity index (χ0) is 15.5. The normalized spacial score (nSPS) is 28.6. The molecule has 22 heavy (non-hydrogen) atoms. The Bertz CT molecular complexity index is 529. The van der Waals surface area contributed by atoms with Gasteiger partial charge < -0.3 is 4.74 Å². The fourth-order valence-electron chi connectivity index (χ4n) is 4.20. The van der Waals surface area contributed by atoms with Crippen LogP contribution in [-0.4, -0.2) is 7.11 Å². The molecule has 0 radical (unpaired) electrons. The summed E-state index contributed by atoms with van der Waals surface area (Å²) in [6.45, 7) is 0. The highest BCUT2D eigenvalue weighted by Gasteiger charge is 2.31. The van der Waals surface area contributed by atoms with Gasteiger partial charge in [-0.1, -0.05) is 37.8 Å². The van der Waals surface area contributed by atoms with Crippen molar-refractivity contribution in [3.8, 4) is 5.75 Å². The maximum atomic E-state index is 13.7. The summed E-state index contributed by atoms with van der Waals surface area (Å²) in [6, 6.07) is 2.68. The van der Waals surface area contributed by atoms with Crippen LogP contribution in [0.4, 0.5) is 8.78 Å². The zero-order valence-corrected chi connectivity index (χ0v) is 13.2. The molecule has 2 saturated carbocycles. The lowest BCUT2D eigenvalue weighted by atomic mass is 9.67. The van der Waals surface area contributed by atoms with E-state index in [0.29, 0.717) is 11.5 Å². The number of fused-ring (bicyclic) bond motifs is 1. The molecule has 0 heterocycles. The minimum atomic E-state index is -0.641. The van der Waals surface area contributed by atoms with E-state index in [1.807, 2.05) is 6.08 Å². The van der Waals surface area contributed by atoms with Gasteiger partial charge >= 0.3 is 0 Å². The van der Waals surface area contributed by atoms with Gasteiger partial charge in [0, 0.05) is 0 Å². The standard InChI is InChI=1S/C19H24F2O/c1-22-19-17(20)11-14(12-18(19)21)7-6-13-8-9-15-4-2-3-5-16(15)10-13/h6-7,11-13,15-16H,2-5,8-10H2,1H3/b7-6+. The van der Waals surface area contributed by atoms with Gasteiger partial charge in [0.2, 0.25) is 0 Å². The summed E-state index contributed by atoms with van der Waals surface area (Å²) in [7, 11) is 1.28. The van der Waals surface area contributed by atoms with Gasteiger partial charge in [-0.15, -0.1) is 0 Å². The minimum Gasteiger partial charge on any atom is -0.491 e. The van der Waals surface area contributed by atoms with Crippen molar-refractivity contribution in [1.29, 1.82) is 0 Å². The number of hydrogen-bond donors (Lipinski definition) is 0. The van der Waals surface area contributed by atoms with E-state index in [-0.39, 0.29) is 5.75 Å². The predicted molar refractivity (Wildman–Crippen MR) is 84.7 cm³/mol. The van der Waals surface area contributed by atoms with Crippen molar-refractivity contribution in [2.24, 2.45) is 17.8 Å². The second-order valence-electron chi connectivity index (χ2n) is 6.75. The summed E-state index contributed by atoms with van der Waals surface area (Å²) in [4.78, 5) is 0. The number of benzene rings is 1. The van der Waals surface area contributed by atoms with Crippen molar-refractivity contribution in [2.75, 3.05) is 7.11 Å². The highest BCUT2D eigenvalue weighted by molar-refractivity contribution is 5.51. The summed E-state index contributed by atoms with van der Waals surface area (Å²) >= 11 is 0.